The van der Waals surface area contributed by atoms with Gasteiger partial charge >= 0.3 is 0 Å². The van der Waals surface area contributed by atoms with Crippen molar-refractivity contribution in [3.63, 3.8) is 0 Å². The molecule has 0 spiro atoms. The summed E-state index contributed by atoms with van der Waals surface area (Å²) in [7, 11) is 3.14. The molecule has 26 heavy (non-hydrogen) atoms. The molecule has 0 bridgehead atoms. The van der Waals surface area contributed by atoms with Gasteiger partial charge in [0.25, 0.3) is 5.91 Å². The second-order valence-corrected chi connectivity index (χ2v) is 5.64. The van der Waals surface area contributed by atoms with E-state index >= 15 is 0 Å². The Morgan fingerprint density at radius 2 is 1.96 bits per heavy atom. The number of benzene rings is 2. The van der Waals surface area contributed by atoms with E-state index < -0.39 is 0 Å². The molecule has 1 heterocycles. The number of imidazole rings is 1. The lowest BCUT2D eigenvalue weighted by atomic mass is 10.2. The standard InChI is InChI=1S/C19H20N4O3/c1-13-21-15-6-4-5-7-16(15)23(13)12-19(24)22-20-11-14-8-9-17(25-2)18(10-14)26-3/h4-11H,12H2,1-3H3,(H,22,24)/b20-11-. The number of amides is 1. The van der Waals surface area contributed by atoms with Crippen LogP contribution in [0.25, 0.3) is 11.0 Å². The van der Waals surface area contributed by atoms with Crippen molar-refractivity contribution in [2.75, 3.05) is 14.2 Å². The third-order valence-corrected chi connectivity index (χ3v) is 3.96. The molecule has 7 heteroatoms. The van der Waals surface area contributed by atoms with Crippen molar-refractivity contribution in [1.29, 1.82) is 0 Å². The highest BCUT2D eigenvalue weighted by atomic mass is 16.5. The van der Waals surface area contributed by atoms with Crippen LogP contribution in [0.1, 0.15) is 11.4 Å². The summed E-state index contributed by atoms with van der Waals surface area (Å²) >= 11 is 0. The van der Waals surface area contributed by atoms with E-state index in [1.165, 1.54) is 0 Å². The third kappa shape index (κ3) is 3.66. The van der Waals surface area contributed by atoms with Crippen molar-refractivity contribution in [1.82, 2.24) is 15.0 Å². The Hall–Kier alpha value is -3.35. The van der Waals surface area contributed by atoms with Gasteiger partial charge in [-0.05, 0) is 42.8 Å². The summed E-state index contributed by atoms with van der Waals surface area (Å²) in [5.74, 6) is 1.79. The predicted octanol–water partition coefficient (Wildman–Crippen LogP) is 2.51. The normalized spacial score (nSPS) is 11.0. The van der Waals surface area contributed by atoms with Crippen molar-refractivity contribution >= 4 is 23.2 Å². The highest BCUT2D eigenvalue weighted by Gasteiger charge is 2.10. The molecule has 3 aromatic rings. The molecule has 0 saturated carbocycles. The van der Waals surface area contributed by atoms with E-state index in [2.05, 4.69) is 15.5 Å². The molecular weight excluding hydrogens is 332 g/mol. The van der Waals surface area contributed by atoms with E-state index in [4.69, 9.17) is 9.47 Å². The number of hydrazone groups is 1. The minimum absolute atomic E-state index is 0.148. The highest BCUT2D eigenvalue weighted by Crippen LogP contribution is 2.26. The SMILES string of the molecule is COc1ccc(/C=N\NC(=O)Cn2c(C)nc3ccccc32)cc1OC. The van der Waals surface area contributed by atoms with E-state index in [9.17, 15) is 4.79 Å². The Labute approximate surface area is 151 Å². The zero-order valence-corrected chi connectivity index (χ0v) is 14.9. The summed E-state index contributed by atoms with van der Waals surface area (Å²) in [5.41, 5.74) is 5.11. The van der Waals surface area contributed by atoms with Crippen molar-refractivity contribution in [2.24, 2.45) is 5.10 Å². The Morgan fingerprint density at radius 3 is 2.73 bits per heavy atom. The number of carbonyl (C=O) groups excluding carboxylic acids is 1. The minimum Gasteiger partial charge on any atom is -0.493 e. The molecule has 0 radical (unpaired) electrons. The van der Waals surface area contributed by atoms with Gasteiger partial charge in [0.05, 0.1) is 31.5 Å². The first-order valence-electron chi connectivity index (χ1n) is 8.08. The summed E-state index contributed by atoms with van der Waals surface area (Å²) in [4.78, 5) is 16.7. The van der Waals surface area contributed by atoms with Gasteiger partial charge in [-0.3, -0.25) is 4.79 Å². The van der Waals surface area contributed by atoms with Crippen LogP contribution in [-0.4, -0.2) is 35.9 Å². The molecule has 1 amide bonds. The Kier molecular flexibility index (Phi) is 5.17. The van der Waals surface area contributed by atoms with Gasteiger partial charge < -0.3 is 14.0 Å². The quantitative estimate of drug-likeness (QED) is 0.546. The van der Waals surface area contributed by atoms with Gasteiger partial charge in [0.15, 0.2) is 11.5 Å². The topological polar surface area (TPSA) is 77.7 Å². The first-order chi connectivity index (χ1) is 12.6. The fraction of sp³-hybridized carbons (Fsp3) is 0.211. The average molecular weight is 352 g/mol. The van der Waals surface area contributed by atoms with Gasteiger partial charge in [-0.15, -0.1) is 0 Å². The van der Waals surface area contributed by atoms with Crippen LogP contribution in [-0.2, 0) is 11.3 Å². The number of fused-ring (bicyclic) bond motifs is 1. The summed E-state index contributed by atoms with van der Waals surface area (Å²) in [5, 5.41) is 4.01. The van der Waals surface area contributed by atoms with Gasteiger partial charge in [-0.1, -0.05) is 12.1 Å². The Bertz CT molecular complexity index is 963. The molecule has 0 aliphatic heterocycles. The van der Waals surface area contributed by atoms with Crippen LogP contribution >= 0.6 is 0 Å². The predicted molar refractivity (Wildman–Crippen MR) is 99.8 cm³/mol. The van der Waals surface area contributed by atoms with E-state index in [0.29, 0.717) is 11.5 Å². The number of aromatic nitrogens is 2. The molecule has 7 nitrogen and oxygen atoms in total. The lowest BCUT2D eigenvalue weighted by Crippen LogP contribution is -2.23. The number of nitrogens with zero attached hydrogens (tertiary/aromatic N) is 3. The molecule has 134 valence electrons. The lowest BCUT2D eigenvalue weighted by molar-refractivity contribution is -0.121. The molecule has 0 saturated heterocycles. The fourth-order valence-electron chi connectivity index (χ4n) is 2.69. The third-order valence-electron chi connectivity index (χ3n) is 3.96. The van der Waals surface area contributed by atoms with Crippen LogP contribution in [0.5, 0.6) is 11.5 Å². The summed E-state index contributed by atoms with van der Waals surface area (Å²) in [6.07, 6.45) is 1.55. The van der Waals surface area contributed by atoms with Crippen LogP contribution < -0.4 is 14.9 Å². The van der Waals surface area contributed by atoms with Gasteiger partial charge in [0, 0.05) is 0 Å². The van der Waals surface area contributed by atoms with Gasteiger partial charge in [-0.2, -0.15) is 5.10 Å². The molecule has 1 aromatic heterocycles. The second-order valence-electron chi connectivity index (χ2n) is 5.64. The monoisotopic (exact) mass is 352 g/mol. The number of hydrogen-bond donors (Lipinski definition) is 1. The number of nitrogens with one attached hydrogen (secondary N) is 1. The zero-order valence-electron chi connectivity index (χ0n) is 14.9. The van der Waals surface area contributed by atoms with E-state index in [-0.39, 0.29) is 12.5 Å². The van der Waals surface area contributed by atoms with Crippen molar-refractivity contribution in [3.8, 4) is 11.5 Å². The maximum absolute atomic E-state index is 12.2. The average Bonchev–Trinajstić information content (AvgIpc) is 2.97. The van der Waals surface area contributed by atoms with Crippen LogP contribution in [0.2, 0.25) is 0 Å². The summed E-state index contributed by atoms with van der Waals surface area (Å²) in [6, 6.07) is 13.1. The van der Waals surface area contributed by atoms with Crippen molar-refractivity contribution < 1.29 is 14.3 Å². The molecule has 0 unspecified atom stereocenters. The lowest BCUT2D eigenvalue weighted by Gasteiger charge is -2.07. The van der Waals surface area contributed by atoms with Crippen LogP contribution in [0.15, 0.2) is 47.6 Å². The number of carbonyl (C=O) groups is 1. The molecular formula is C19H20N4O3. The fourth-order valence-corrected chi connectivity index (χ4v) is 2.69. The first kappa shape index (κ1) is 17.5. The smallest absolute Gasteiger partial charge is 0.260 e. The van der Waals surface area contributed by atoms with Crippen molar-refractivity contribution in [2.45, 2.75) is 13.5 Å². The molecule has 0 fully saturated rings. The number of rotatable bonds is 6. The molecule has 1 N–H and O–H groups in total. The largest absolute Gasteiger partial charge is 0.493 e. The Morgan fingerprint density at radius 1 is 1.19 bits per heavy atom. The molecule has 0 aliphatic carbocycles. The van der Waals surface area contributed by atoms with Crippen LogP contribution in [0.3, 0.4) is 0 Å². The van der Waals surface area contributed by atoms with Crippen LogP contribution in [0.4, 0.5) is 0 Å². The Balaban J connectivity index is 1.67. The number of methoxy groups -OCH3 is 2. The van der Waals surface area contributed by atoms with Crippen LogP contribution in [0, 0.1) is 6.92 Å². The molecule has 2 aromatic carbocycles. The molecule has 3 rings (SSSR count). The van der Waals surface area contributed by atoms with E-state index in [1.54, 1.807) is 32.6 Å². The molecule has 0 aliphatic rings. The number of para-hydroxylation sites is 2. The minimum atomic E-state index is -0.229. The second kappa shape index (κ2) is 7.69. The first-order valence-corrected chi connectivity index (χ1v) is 8.08. The van der Waals surface area contributed by atoms with E-state index in [0.717, 1.165) is 22.4 Å². The van der Waals surface area contributed by atoms with Gasteiger partial charge in [0.2, 0.25) is 0 Å². The zero-order chi connectivity index (χ0) is 18.5. The van der Waals surface area contributed by atoms with Gasteiger partial charge in [0.1, 0.15) is 12.4 Å². The van der Waals surface area contributed by atoms with E-state index in [1.807, 2.05) is 41.8 Å². The summed E-state index contributed by atoms with van der Waals surface area (Å²) in [6.45, 7) is 2.02. The maximum Gasteiger partial charge on any atom is 0.260 e. The molecule has 0 atom stereocenters. The summed E-state index contributed by atoms with van der Waals surface area (Å²) < 4.78 is 12.3. The van der Waals surface area contributed by atoms with Crippen molar-refractivity contribution in [3.05, 3.63) is 53.9 Å². The number of hydrogen-bond acceptors (Lipinski definition) is 5. The maximum atomic E-state index is 12.2. The number of ether oxygens (including phenoxy) is 2. The van der Waals surface area contributed by atoms with Gasteiger partial charge in [-0.25, -0.2) is 10.4 Å². The number of aryl methyl sites for hydroxylation is 1. The highest BCUT2D eigenvalue weighted by molar-refractivity contribution is 5.84.